The molecule has 0 radical (unpaired) electrons. The molecule has 2 aromatic rings. The van der Waals surface area contributed by atoms with Gasteiger partial charge in [0.1, 0.15) is 12.1 Å². The van der Waals surface area contributed by atoms with Crippen LogP contribution in [0.5, 0.6) is 0 Å². The van der Waals surface area contributed by atoms with Crippen LogP contribution in [0.25, 0.3) is 5.78 Å². The van der Waals surface area contributed by atoms with Crippen molar-refractivity contribution in [3.63, 3.8) is 0 Å². The summed E-state index contributed by atoms with van der Waals surface area (Å²) >= 11 is 0. The molecule has 1 atom stereocenters. The van der Waals surface area contributed by atoms with Gasteiger partial charge in [0.15, 0.2) is 0 Å². The Hall–Kier alpha value is -2.18. The highest BCUT2D eigenvalue weighted by Gasteiger charge is 2.42. The number of carbonyl (C=O) groups is 1. The molecule has 1 fully saturated rings. The number of fused-ring (bicyclic) bond motifs is 1. The largest absolute Gasteiger partial charge is 0.466 e. The van der Waals surface area contributed by atoms with E-state index in [2.05, 4.69) is 26.9 Å². The average molecular weight is 303 g/mol. The highest BCUT2D eigenvalue weighted by atomic mass is 16.5. The van der Waals surface area contributed by atoms with Gasteiger partial charge < -0.3 is 9.64 Å². The van der Waals surface area contributed by atoms with E-state index in [0.717, 1.165) is 30.9 Å². The van der Waals surface area contributed by atoms with E-state index >= 15 is 0 Å². The third-order valence-electron chi connectivity index (χ3n) is 4.21. The Morgan fingerprint density at radius 2 is 2.27 bits per heavy atom. The molecule has 0 aliphatic carbocycles. The second-order valence-corrected chi connectivity index (χ2v) is 5.88. The van der Waals surface area contributed by atoms with Crippen LogP contribution in [0.1, 0.15) is 32.9 Å². The Bertz CT molecular complexity index is 698. The molecule has 0 amide bonds. The van der Waals surface area contributed by atoms with Crippen molar-refractivity contribution in [1.29, 1.82) is 0 Å². The number of anilines is 1. The molecule has 22 heavy (non-hydrogen) atoms. The minimum absolute atomic E-state index is 0.128. The van der Waals surface area contributed by atoms with E-state index in [1.807, 2.05) is 19.9 Å². The molecular formula is C15H21N5O2. The number of carbonyl (C=O) groups excluding carboxylic acids is 1. The van der Waals surface area contributed by atoms with Gasteiger partial charge in [-0.3, -0.25) is 4.79 Å². The number of aryl methyl sites for hydroxylation is 1. The van der Waals surface area contributed by atoms with Gasteiger partial charge in [0.2, 0.25) is 0 Å². The van der Waals surface area contributed by atoms with Crippen molar-refractivity contribution in [1.82, 2.24) is 19.6 Å². The summed E-state index contributed by atoms with van der Waals surface area (Å²) in [5, 5.41) is 4.25. The van der Waals surface area contributed by atoms with Crippen LogP contribution in [0.3, 0.4) is 0 Å². The van der Waals surface area contributed by atoms with Crippen molar-refractivity contribution in [2.75, 3.05) is 24.6 Å². The fraction of sp³-hybridized carbons (Fsp3) is 0.600. The van der Waals surface area contributed by atoms with Crippen LogP contribution in [-0.4, -0.2) is 45.2 Å². The molecule has 1 aliphatic heterocycles. The highest BCUT2D eigenvalue weighted by molar-refractivity contribution is 5.78. The number of esters is 1. The zero-order valence-electron chi connectivity index (χ0n) is 13.2. The van der Waals surface area contributed by atoms with E-state index < -0.39 is 5.41 Å². The number of nitrogens with zero attached hydrogens (tertiary/aromatic N) is 5. The van der Waals surface area contributed by atoms with Crippen molar-refractivity contribution in [2.45, 2.75) is 33.6 Å². The molecule has 7 heteroatoms. The summed E-state index contributed by atoms with van der Waals surface area (Å²) in [4.78, 5) is 23.0. The fourth-order valence-corrected chi connectivity index (χ4v) is 2.88. The summed E-state index contributed by atoms with van der Waals surface area (Å²) in [7, 11) is 0. The van der Waals surface area contributed by atoms with E-state index in [0.29, 0.717) is 18.9 Å². The Labute approximate surface area is 129 Å². The van der Waals surface area contributed by atoms with Crippen LogP contribution in [-0.2, 0) is 16.0 Å². The summed E-state index contributed by atoms with van der Waals surface area (Å²) in [6, 6.07) is 2.03. The number of rotatable bonds is 4. The lowest BCUT2D eigenvalue weighted by molar-refractivity contribution is -0.153. The molecule has 0 spiro atoms. The van der Waals surface area contributed by atoms with Gasteiger partial charge in [-0.05, 0) is 26.7 Å². The first-order valence-electron chi connectivity index (χ1n) is 7.69. The van der Waals surface area contributed by atoms with Crippen molar-refractivity contribution >= 4 is 17.6 Å². The highest BCUT2D eigenvalue weighted by Crippen LogP contribution is 2.34. The molecule has 0 aromatic carbocycles. The van der Waals surface area contributed by atoms with Crippen molar-refractivity contribution in [2.24, 2.45) is 5.41 Å². The van der Waals surface area contributed by atoms with Gasteiger partial charge in [0, 0.05) is 24.8 Å². The second-order valence-electron chi connectivity index (χ2n) is 5.88. The van der Waals surface area contributed by atoms with Crippen LogP contribution in [0.2, 0.25) is 0 Å². The quantitative estimate of drug-likeness (QED) is 0.796. The van der Waals surface area contributed by atoms with Gasteiger partial charge in [0.25, 0.3) is 5.78 Å². The fourth-order valence-electron chi connectivity index (χ4n) is 2.88. The molecule has 0 N–H and O–H groups in total. The summed E-state index contributed by atoms with van der Waals surface area (Å²) in [5.41, 5.74) is 0.499. The minimum Gasteiger partial charge on any atom is -0.466 e. The molecule has 1 saturated heterocycles. The van der Waals surface area contributed by atoms with Gasteiger partial charge >= 0.3 is 5.97 Å². The Balaban J connectivity index is 1.93. The molecule has 0 saturated carbocycles. The number of hydrogen-bond acceptors (Lipinski definition) is 6. The molecule has 2 aromatic heterocycles. The van der Waals surface area contributed by atoms with Gasteiger partial charge in [0.05, 0.1) is 12.0 Å². The van der Waals surface area contributed by atoms with E-state index in [9.17, 15) is 4.79 Å². The molecule has 7 nitrogen and oxygen atoms in total. The molecule has 0 bridgehead atoms. The summed E-state index contributed by atoms with van der Waals surface area (Å²) in [6.07, 6.45) is 3.11. The topological polar surface area (TPSA) is 72.6 Å². The Kier molecular flexibility index (Phi) is 3.72. The van der Waals surface area contributed by atoms with E-state index in [1.54, 1.807) is 4.52 Å². The molecule has 3 heterocycles. The maximum atomic E-state index is 12.2. The monoisotopic (exact) mass is 303 g/mol. The zero-order valence-corrected chi connectivity index (χ0v) is 13.2. The number of hydrogen-bond donors (Lipinski definition) is 0. The van der Waals surface area contributed by atoms with Crippen LogP contribution in [0.4, 0.5) is 5.82 Å². The van der Waals surface area contributed by atoms with Crippen molar-refractivity contribution < 1.29 is 9.53 Å². The molecule has 118 valence electrons. The smallest absolute Gasteiger partial charge is 0.313 e. The van der Waals surface area contributed by atoms with Crippen LogP contribution in [0, 0.1) is 5.41 Å². The summed E-state index contributed by atoms with van der Waals surface area (Å²) in [5.74, 6) is 1.41. The summed E-state index contributed by atoms with van der Waals surface area (Å²) < 4.78 is 6.95. The Morgan fingerprint density at radius 1 is 1.45 bits per heavy atom. The standard InChI is InChI=1S/C15H21N5O2/c1-4-11-8-12(20-14(18-11)16-10-17-20)19-7-6-15(3,9-19)13(21)22-5-2/h8,10H,4-7,9H2,1-3H3. The van der Waals surface area contributed by atoms with Crippen LogP contribution in [0.15, 0.2) is 12.4 Å². The van der Waals surface area contributed by atoms with E-state index in [1.165, 1.54) is 6.33 Å². The van der Waals surface area contributed by atoms with Gasteiger partial charge in [-0.25, -0.2) is 4.98 Å². The predicted molar refractivity (Wildman–Crippen MR) is 81.7 cm³/mol. The zero-order chi connectivity index (χ0) is 15.7. The van der Waals surface area contributed by atoms with Crippen molar-refractivity contribution in [3.8, 4) is 0 Å². The lowest BCUT2D eigenvalue weighted by Gasteiger charge is -2.24. The SMILES string of the molecule is CCOC(=O)C1(C)CCN(c2cc(CC)nc3ncnn23)C1. The lowest BCUT2D eigenvalue weighted by atomic mass is 9.90. The third kappa shape index (κ3) is 2.40. The first kappa shape index (κ1) is 14.7. The van der Waals surface area contributed by atoms with Gasteiger partial charge in [-0.15, -0.1) is 0 Å². The van der Waals surface area contributed by atoms with Crippen LogP contribution < -0.4 is 4.90 Å². The first-order chi connectivity index (χ1) is 10.6. The lowest BCUT2D eigenvalue weighted by Crippen LogP contribution is -2.34. The second kappa shape index (κ2) is 5.55. The number of aromatic nitrogens is 4. The van der Waals surface area contributed by atoms with Gasteiger partial charge in [-0.1, -0.05) is 6.92 Å². The number of ether oxygens (including phenoxy) is 1. The molecule has 1 aliphatic rings. The first-order valence-corrected chi connectivity index (χ1v) is 7.69. The van der Waals surface area contributed by atoms with Crippen LogP contribution >= 0.6 is 0 Å². The van der Waals surface area contributed by atoms with E-state index in [-0.39, 0.29) is 5.97 Å². The molecule has 3 rings (SSSR count). The molecule has 1 unspecified atom stereocenters. The predicted octanol–water partition coefficient (Wildman–Crippen LogP) is 1.47. The summed E-state index contributed by atoms with van der Waals surface area (Å²) in [6.45, 7) is 7.68. The maximum Gasteiger partial charge on any atom is 0.313 e. The normalized spacial score (nSPS) is 21.5. The Morgan fingerprint density at radius 3 is 3.00 bits per heavy atom. The van der Waals surface area contributed by atoms with E-state index in [4.69, 9.17) is 4.74 Å². The van der Waals surface area contributed by atoms with Crippen molar-refractivity contribution in [3.05, 3.63) is 18.1 Å². The molecular weight excluding hydrogens is 282 g/mol. The maximum absolute atomic E-state index is 12.2. The van der Waals surface area contributed by atoms with Gasteiger partial charge in [-0.2, -0.15) is 14.6 Å². The third-order valence-corrected chi connectivity index (χ3v) is 4.21. The average Bonchev–Trinajstić information content (AvgIpc) is 3.13. The minimum atomic E-state index is -0.474.